The summed E-state index contributed by atoms with van der Waals surface area (Å²) in [7, 11) is 1.70. The largest absolute Gasteiger partial charge is 0.508 e. The number of fused-ring (bicyclic) bond motifs is 5. The molecule has 2 saturated carbocycles. The molecule has 0 bridgehead atoms. The summed E-state index contributed by atoms with van der Waals surface area (Å²) in [6, 6.07) is 7.67. The van der Waals surface area contributed by atoms with E-state index in [1.807, 2.05) is 19.1 Å². The molecule has 3 aliphatic carbocycles. The van der Waals surface area contributed by atoms with Crippen molar-refractivity contribution < 1.29 is 20.1 Å². The zero-order valence-electron chi connectivity index (χ0n) is 15.4. The third-order valence-electron chi connectivity index (χ3n) is 7.72. The molecule has 140 valence electrons. The molecule has 0 amide bonds. The zero-order valence-corrected chi connectivity index (χ0v) is 15.4. The Morgan fingerprint density at radius 2 is 2.15 bits per heavy atom. The fourth-order valence-corrected chi connectivity index (χ4v) is 6.38. The summed E-state index contributed by atoms with van der Waals surface area (Å²) in [5, 5.41) is 41.1. The molecule has 0 unspecified atom stereocenters. The summed E-state index contributed by atoms with van der Waals surface area (Å²) >= 11 is 0. The summed E-state index contributed by atoms with van der Waals surface area (Å²) in [5.41, 5.74) is 0.461. The second-order valence-electron chi connectivity index (χ2n) is 8.62. The first-order valence-corrected chi connectivity index (χ1v) is 9.47. The van der Waals surface area contributed by atoms with Gasteiger partial charge in [0.1, 0.15) is 11.4 Å². The topological polar surface area (TPSA) is 93.7 Å². The molecule has 0 saturated heterocycles. The lowest BCUT2D eigenvalue weighted by atomic mass is 9.52. The SMILES string of the molecule is CO[C@H]1C[C@@]2(C)[C@@H](C[C@@H](O)[C@]2(O)CC#N)[C@@H]2CCc3cc(O)ccc3[C@H]21. The van der Waals surface area contributed by atoms with Gasteiger partial charge in [-0.25, -0.2) is 0 Å². The third-order valence-corrected chi connectivity index (χ3v) is 7.72. The lowest BCUT2D eigenvalue weighted by Crippen LogP contribution is -2.57. The fraction of sp³-hybridized carbons (Fsp3) is 0.667. The molecule has 1 aromatic carbocycles. The number of methoxy groups -OCH3 is 1. The molecule has 5 nitrogen and oxygen atoms in total. The summed E-state index contributed by atoms with van der Waals surface area (Å²) < 4.78 is 5.89. The van der Waals surface area contributed by atoms with Crippen molar-refractivity contribution in [1.82, 2.24) is 0 Å². The Bertz CT molecular complexity index is 759. The van der Waals surface area contributed by atoms with Crippen molar-refractivity contribution in [2.45, 2.75) is 62.8 Å². The minimum absolute atomic E-state index is 0.0561. The van der Waals surface area contributed by atoms with Gasteiger partial charge in [0.05, 0.1) is 24.7 Å². The lowest BCUT2D eigenvalue weighted by Gasteiger charge is -2.55. The lowest BCUT2D eigenvalue weighted by molar-refractivity contribution is -0.162. The number of nitrogens with zero attached hydrogens (tertiary/aromatic N) is 1. The Morgan fingerprint density at radius 3 is 2.85 bits per heavy atom. The van der Waals surface area contributed by atoms with Gasteiger partial charge in [-0.1, -0.05) is 13.0 Å². The standard InChI is InChI=1S/C21H27NO4/c1-20-11-17(26-2)19-14-6-4-13(23)9-12(14)3-5-15(19)16(20)10-18(24)21(20,25)7-8-22/h4,6,9,15-19,23-25H,3,5,7,10-11H2,1-2H3/t15-,16-,17-,18+,19+,20-,21+/m0/s1. The quantitative estimate of drug-likeness (QED) is 0.756. The van der Waals surface area contributed by atoms with Gasteiger partial charge in [0.2, 0.25) is 0 Å². The molecule has 0 aliphatic heterocycles. The van der Waals surface area contributed by atoms with Crippen molar-refractivity contribution in [2.75, 3.05) is 7.11 Å². The van der Waals surface area contributed by atoms with E-state index in [9.17, 15) is 20.6 Å². The zero-order chi connectivity index (χ0) is 18.7. The van der Waals surface area contributed by atoms with Gasteiger partial charge in [-0.3, -0.25) is 0 Å². The number of hydrogen-bond donors (Lipinski definition) is 3. The second-order valence-corrected chi connectivity index (χ2v) is 8.62. The molecular formula is C21H27NO4. The van der Waals surface area contributed by atoms with Gasteiger partial charge in [-0.15, -0.1) is 0 Å². The van der Waals surface area contributed by atoms with Crippen LogP contribution in [0.3, 0.4) is 0 Å². The van der Waals surface area contributed by atoms with E-state index in [0.29, 0.717) is 12.8 Å². The highest BCUT2D eigenvalue weighted by atomic mass is 16.5. The number of hydrogen-bond acceptors (Lipinski definition) is 5. The number of aromatic hydroxyl groups is 1. The first-order valence-electron chi connectivity index (χ1n) is 9.47. The molecule has 1 aromatic rings. The van der Waals surface area contributed by atoms with Crippen LogP contribution in [0.4, 0.5) is 0 Å². The molecule has 5 heteroatoms. The first kappa shape index (κ1) is 17.8. The van der Waals surface area contributed by atoms with Crippen LogP contribution in [0.5, 0.6) is 5.75 Å². The highest BCUT2D eigenvalue weighted by Crippen LogP contribution is 2.65. The van der Waals surface area contributed by atoms with Crippen LogP contribution in [0.15, 0.2) is 18.2 Å². The van der Waals surface area contributed by atoms with Crippen LogP contribution in [0.2, 0.25) is 0 Å². The van der Waals surface area contributed by atoms with Gasteiger partial charge < -0.3 is 20.1 Å². The molecule has 4 rings (SSSR count). The maximum atomic E-state index is 11.3. The van der Waals surface area contributed by atoms with Gasteiger partial charge in [0.25, 0.3) is 0 Å². The van der Waals surface area contributed by atoms with E-state index in [1.54, 1.807) is 13.2 Å². The number of nitriles is 1. The second kappa shape index (κ2) is 5.95. The van der Waals surface area contributed by atoms with Crippen LogP contribution < -0.4 is 0 Å². The van der Waals surface area contributed by atoms with Gasteiger partial charge in [0.15, 0.2) is 0 Å². The van der Waals surface area contributed by atoms with Crippen LogP contribution in [-0.4, -0.2) is 40.2 Å². The van der Waals surface area contributed by atoms with Crippen molar-refractivity contribution in [3.63, 3.8) is 0 Å². The van der Waals surface area contributed by atoms with Crippen LogP contribution >= 0.6 is 0 Å². The minimum atomic E-state index is -1.39. The molecular weight excluding hydrogens is 330 g/mol. The Hall–Kier alpha value is -1.61. The molecule has 0 aromatic heterocycles. The van der Waals surface area contributed by atoms with E-state index in [1.165, 1.54) is 11.1 Å². The van der Waals surface area contributed by atoms with E-state index in [0.717, 1.165) is 12.8 Å². The number of aryl methyl sites for hydroxylation is 1. The minimum Gasteiger partial charge on any atom is -0.508 e. The molecule has 3 N–H and O–H groups in total. The Balaban J connectivity index is 1.79. The van der Waals surface area contributed by atoms with Crippen LogP contribution in [-0.2, 0) is 11.2 Å². The molecule has 7 atom stereocenters. The van der Waals surface area contributed by atoms with Gasteiger partial charge in [-0.2, -0.15) is 5.26 Å². The maximum absolute atomic E-state index is 11.3. The summed E-state index contributed by atoms with van der Waals surface area (Å²) in [6.45, 7) is 2.03. The smallest absolute Gasteiger partial charge is 0.115 e. The molecule has 3 aliphatic rings. The summed E-state index contributed by atoms with van der Waals surface area (Å²) in [6.07, 6.45) is 1.94. The Labute approximate surface area is 154 Å². The number of rotatable bonds is 2. The molecule has 2 fully saturated rings. The van der Waals surface area contributed by atoms with Crippen LogP contribution in [0, 0.1) is 28.6 Å². The van der Waals surface area contributed by atoms with E-state index in [2.05, 4.69) is 6.07 Å². The monoisotopic (exact) mass is 357 g/mol. The molecule has 0 radical (unpaired) electrons. The summed E-state index contributed by atoms with van der Waals surface area (Å²) in [4.78, 5) is 0. The van der Waals surface area contributed by atoms with Crippen molar-refractivity contribution >= 4 is 0 Å². The maximum Gasteiger partial charge on any atom is 0.115 e. The van der Waals surface area contributed by atoms with Crippen LogP contribution in [0.1, 0.15) is 49.7 Å². The highest BCUT2D eigenvalue weighted by Gasteiger charge is 2.67. The average molecular weight is 357 g/mol. The Kier molecular flexibility index (Phi) is 4.07. The van der Waals surface area contributed by atoms with Crippen molar-refractivity contribution in [3.05, 3.63) is 29.3 Å². The van der Waals surface area contributed by atoms with Crippen molar-refractivity contribution in [2.24, 2.45) is 17.3 Å². The summed E-state index contributed by atoms with van der Waals surface area (Å²) in [5.74, 6) is 0.919. The van der Waals surface area contributed by atoms with Crippen molar-refractivity contribution in [3.8, 4) is 11.8 Å². The molecule has 0 spiro atoms. The van der Waals surface area contributed by atoms with E-state index < -0.39 is 17.1 Å². The molecule has 0 heterocycles. The molecule has 26 heavy (non-hydrogen) atoms. The van der Waals surface area contributed by atoms with Gasteiger partial charge in [0, 0.05) is 18.4 Å². The number of phenolic OH excluding ortho intramolecular Hbond substituents is 1. The van der Waals surface area contributed by atoms with E-state index >= 15 is 0 Å². The Morgan fingerprint density at radius 1 is 1.38 bits per heavy atom. The number of aliphatic hydroxyl groups excluding tert-OH is 1. The number of phenols is 1. The van der Waals surface area contributed by atoms with Crippen molar-refractivity contribution in [1.29, 1.82) is 5.26 Å². The average Bonchev–Trinajstić information content (AvgIpc) is 2.81. The third kappa shape index (κ3) is 2.19. The van der Waals surface area contributed by atoms with E-state index in [4.69, 9.17) is 4.74 Å². The first-order chi connectivity index (χ1) is 12.4. The van der Waals surface area contributed by atoms with Gasteiger partial charge in [-0.05, 0) is 60.8 Å². The number of benzene rings is 1. The fourth-order valence-electron chi connectivity index (χ4n) is 6.38. The normalized spacial score (nSPS) is 43.9. The predicted octanol–water partition coefficient (Wildman–Crippen LogP) is 2.49. The van der Waals surface area contributed by atoms with Gasteiger partial charge >= 0.3 is 0 Å². The predicted molar refractivity (Wildman–Crippen MR) is 95.5 cm³/mol. The van der Waals surface area contributed by atoms with E-state index in [-0.39, 0.29) is 36.0 Å². The number of aliphatic hydroxyl groups is 2. The number of ether oxygens (including phenoxy) is 1. The van der Waals surface area contributed by atoms with Crippen LogP contribution in [0.25, 0.3) is 0 Å². The highest BCUT2D eigenvalue weighted by molar-refractivity contribution is 5.41.